The number of hydrogen-bond acceptors (Lipinski definition) is 7. The third kappa shape index (κ3) is 4.75. The van der Waals surface area contributed by atoms with E-state index in [9.17, 15) is 14.4 Å². The molecule has 10 heteroatoms. The zero-order valence-corrected chi connectivity index (χ0v) is 18.0. The minimum absolute atomic E-state index is 0.0702. The summed E-state index contributed by atoms with van der Waals surface area (Å²) < 4.78 is 16.4. The van der Waals surface area contributed by atoms with E-state index in [-0.39, 0.29) is 29.3 Å². The Bertz CT molecular complexity index is 1260. The summed E-state index contributed by atoms with van der Waals surface area (Å²) in [5, 5.41) is 3.05. The molecule has 162 valence electrons. The van der Waals surface area contributed by atoms with Crippen LogP contribution in [0.25, 0.3) is 10.9 Å². The van der Waals surface area contributed by atoms with Crippen molar-refractivity contribution in [3.63, 3.8) is 0 Å². The second kappa shape index (κ2) is 9.43. The number of carbonyl (C=O) groups excluding carboxylic acids is 2. The Morgan fingerprint density at radius 2 is 1.81 bits per heavy atom. The van der Waals surface area contributed by atoms with E-state index in [1.54, 1.807) is 25.3 Å². The summed E-state index contributed by atoms with van der Waals surface area (Å²) >= 11 is 5.24. The average molecular weight is 443 g/mol. The number of esters is 1. The van der Waals surface area contributed by atoms with Gasteiger partial charge in [-0.1, -0.05) is 6.07 Å². The Kier molecular flexibility index (Phi) is 6.71. The fourth-order valence-electron chi connectivity index (χ4n) is 3.03. The van der Waals surface area contributed by atoms with Crippen LogP contribution < -0.4 is 20.3 Å². The van der Waals surface area contributed by atoms with Gasteiger partial charge in [0.25, 0.3) is 5.56 Å². The van der Waals surface area contributed by atoms with Crippen LogP contribution in [0.15, 0.2) is 41.2 Å². The first-order chi connectivity index (χ1) is 14.9. The third-order valence-corrected chi connectivity index (χ3v) is 4.96. The number of nitrogens with one attached hydrogen (secondary N) is 2. The minimum atomic E-state index is -0.528. The highest BCUT2D eigenvalue weighted by Crippen LogP contribution is 2.27. The van der Waals surface area contributed by atoms with Gasteiger partial charge in [0.2, 0.25) is 5.91 Å². The Labute approximate surface area is 182 Å². The van der Waals surface area contributed by atoms with Crippen LogP contribution in [0.2, 0.25) is 0 Å². The molecular weight excluding hydrogens is 422 g/mol. The van der Waals surface area contributed by atoms with Crippen LogP contribution in [0.1, 0.15) is 15.9 Å². The molecule has 0 radical (unpaired) electrons. The average Bonchev–Trinajstić information content (AvgIpc) is 2.79. The first kappa shape index (κ1) is 22.0. The monoisotopic (exact) mass is 443 g/mol. The van der Waals surface area contributed by atoms with Gasteiger partial charge in [-0.25, -0.2) is 4.79 Å². The molecule has 31 heavy (non-hydrogen) atoms. The number of rotatable bonds is 7. The standard InChI is InChI=1S/C21H21N3O6S/c1-28-16-7-4-12(8-17(16)29-2)10-22-18(25)11-24-19(26)14-6-5-13(20(27)30-3)9-15(14)23-21(24)31/h4-9H,10-11H2,1-3H3,(H,22,25)(H,23,31). The van der Waals surface area contributed by atoms with Crippen molar-refractivity contribution >= 4 is 35.0 Å². The van der Waals surface area contributed by atoms with Crippen molar-refractivity contribution in [2.24, 2.45) is 0 Å². The van der Waals surface area contributed by atoms with Gasteiger partial charge in [-0.3, -0.25) is 14.2 Å². The molecule has 2 N–H and O–H groups in total. The summed E-state index contributed by atoms with van der Waals surface area (Å²) in [7, 11) is 4.34. The lowest BCUT2D eigenvalue weighted by atomic mass is 10.1. The van der Waals surface area contributed by atoms with E-state index in [4.69, 9.17) is 21.7 Å². The van der Waals surface area contributed by atoms with E-state index in [0.29, 0.717) is 22.4 Å². The molecule has 1 amide bonds. The quantitative estimate of drug-likeness (QED) is 0.425. The molecule has 3 aromatic rings. The number of fused-ring (bicyclic) bond motifs is 1. The van der Waals surface area contributed by atoms with Crippen LogP contribution in [-0.2, 0) is 22.6 Å². The molecule has 0 saturated carbocycles. The number of ether oxygens (including phenoxy) is 3. The molecule has 0 spiro atoms. The maximum absolute atomic E-state index is 12.8. The maximum atomic E-state index is 12.8. The SMILES string of the molecule is COC(=O)c1ccc2c(=O)n(CC(=O)NCc3ccc(OC)c(OC)c3)c(=S)[nH]c2c1. The Balaban J connectivity index is 1.78. The van der Waals surface area contributed by atoms with Crippen molar-refractivity contribution in [1.29, 1.82) is 0 Å². The number of nitrogens with zero attached hydrogens (tertiary/aromatic N) is 1. The Hall–Kier alpha value is -3.66. The molecule has 0 saturated heterocycles. The molecule has 0 unspecified atom stereocenters. The van der Waals surface area contributed by atoms with Gasteiger partial charge >= 0.3 is 5.97 Å². The summed E-state index contributed by atoms with van der Waals surface area (Å²) in [5.74, 6) is 0.220. The third-order valence-electron chi connectivity index (χ3n) is 4.64. The number of hydrogen-bond donors (Lipinski definition) is 2. The van der Waals surface area contributed by atoms with Crippen LogP contribution in [-0.4, -0.2) is 42.8 Å². The molecule has 2 aromatic carbocycles. The van der Waals surface area contributed by atoms with E-state index in [0.717, 1.165) is 5.56 Å². The van der Waals surface area contributed by atoms with Gasteiger partial charge in [-0.15, -0.1) is 0 Å². The van der Waals surface area contributed by atoms with Crippen molar-refractivity contribution in [2.75, 3.05) is 21.3 Å². The number of amides is 1. The van der Waals surface area contributed by atoms with Gasteiger partial charge < -0.3 is 24.5 Å². The zero-order valence-electron chi connectivity index (χ0n) is 17.2. The van der Waals surface area contributed by atoms with Crippen molar-refractivity contribution in [3.05, 3.63) is 62.6 Å². The van der Waals surface area contributed by atoms with Gasteiger partial charge in [-0.05, 0) is 48.1 Å². The summed E-state index contributed by atoms with van der Waals surface area (Å²) in [6.45, 7) is -0.0172. The molecule has 0 bridgehead atoms. The Morgan fingerprint density at radius 3 is 2.48 bits per heavy atom. The molecule has 3 rings (SSSR count). The van der Waals surface area contributed by atoms with Crippen LogP contribution in [0, 0.1) is 4.77 Å². The van der Waals surface area contributed by atoms with Gasteiger partial charge in [-0.2, -0.15) is 0 Å². The number of carbonyl (C=O) groups is 2. The van der Waals surface area contributed by atoms with E-state index in [1.165, 1.54) is 37.0 Å². The number of aromatic amines is 1. The van der Waals surface area contributed by atoms with Crippen molar-refractivity contribution in [2.45, 2.75) is 13.1 Å². The molecule has 0 aliphatic heterocycles. The van der Waals surface area contributed by atoms with Crippen LogP contribution in [0.4, 0.5) is 0 Å². The number of aromatic nitrogens is 2. The molecule has 0 aliphatic rings. The summed E-state index contributed by atoms with van der Waals surface area (Å²) in [5.41, 5.74) is 1.04. The fraction of sp³-hybridized carbons (Fsp3) is 0.238. The van der Waals surface area contributed by atoms with Crippen LogP contribution in [0.5, 0.6) is 11.5 Å². The highest BCUT2D eigenvalue weighted by atomic mass is 32.1. The second-order valence-electron chi connectivity index (χ2n) is 6.54. The first-order valence-electron chi connectivity index (χ1n) is 9.20. The summed E-state index contributed by atoms with van der Waals surface area (Å²) in [4.78, 5) is 39.8. The van der Waals surface area contributed by atoms with Gasteiger partial charge in [0, 0.05) is 6.54 Å². The lowest BCUT2D eigenvalue weighted by molar-refractivity contribution is -0.121. The summed E-state index contributed by atoms with van der Waals surface area (Å²) in [6, 6.07) is 9.76. The normalized spacial score (nSPS) is 10.5. The smallest absolute Gasteiger partial charge is 0.337 e. The highest BCUT2D eigenvalue weighted by Gasteiger charge is 2.13. The van der Waals surface area contributed by atoms with Gasteiger partial charge in [0.15, 0.2) is 16.3 Å². The Morgan fingerprint density at radius 1 is 1.06 bits per heavy atom. The molecule has 0 aliphatic carbocycles. The minimum Gasteiger partial charge on any atom is -0.493 e. The van der Waals surface area contributed by atoms with Gasteiger partial charge in [0.1, 0.15) is 6.54 Å². The van der Waals surface area contributed by atoms with E-state index in [2.05, 4.69) is 15.0 Å². The first-order valence-corrected chi connectivity index (χ1v) is 9.61. The zero-order chi connectivity index (χ0) is 22.5. The highest BCUT2D eigenvalue weighted by molar-refractivity contribution is 7.71. The van der Waals surface area contributed by atoms with Crippen LogP contribution >= 0.6 is 12.2 Å². The number of H-pyrrole nitrogens is 1. The van der Waals surface area contributed by atoms with Crippen molar-refractivity contribution < 1.29 is 23.8 Å². The van der Waals surface area contributed by atoms with Crippen LogP contribution in [0.3, 0.4) is 0 Å². The lowest BCUT2D eigenvalue weighted by Crippen LogP contribution is -2.33. The predicted octanol–water partition coefficient (Wildman–Crippen LogP) is 2.18. The molecular formula is C21H21N3O6S. The topological polar surface area (TPSA) is 112 Å². The number of methoxy groups -OCH3 is 3. The maximum Gasteiger partial charge on any atom is 0.337 e. The predicted molar refractivity (Wildman–Crippen MR) is 116 cm³/mol. The number of benzene rings is 2. The van der Waals surface area contributed by atoms with E-state index in [1.807, 2.05) is 0 Å². The second-order valence-corrected chi connectivity index (χ2v) is 6.93. The largest absolute Gasteiger partial charge is 0.493 e. The van der Waals surface area contributed by atoms with Gasteiger partial charge in [0.05, 0.1) is 37.8 Å². The lowest BCUT2D eigenvalue weighted by Gasteiger charge is -2.11. The molecule has 1 heterocycles. The van der Waals surface area contributed by atoms with E-state index < -0.39 is 11.5 Å². The fourth-order valence-corrected chi connectivity index (χ4v) is 3.29. The molecule has 1 aromatic heterocycles. The van der Waals surface area contributed by atoms with E-state index >= 15 is 0 Å². The van der Waals surface area contributed by atoms with Crippen molar-refractivity contribution in [3.8, 4) is 11.5 Å². The van der Waals surface area contributed by atoms with Crippen molar-refractivity contribution in [1.82, 2.24) is 14.9 Å². The summed E-state index contributed by atoms with van der Waals surface area (Å²) in [6.07, 6.45) is 0. The molecule has 0 fully saturated rings. The molecule has 0 atom stereocenters. The molecule has 9 nitrogen and oxygen atoms in total.